The van der Waals surface area contributed by atoms with Crippen molar-refractivity contribution < 1.29 is 23.9 Å². The van der Waals surface area contributed by atoms with E-state index in [1.54, 1.807) is 32.0 Å². The standard InChI is InChI=1S/C24H30N4O5/c1-15(2)33-23(30)27-14-16(3)28(24(31)32-4)20-10-9-19(13-21(20)27)17-5-7-18(8-6-17)22(29)26-12-11-25/h5-10,13,15-16H,11-12,14,25H2,1-4H3,(H,26,29). The minimum absolute atomic E-state index is 0.192. The van der Waals surface area contributed by atoms with E-state index < -0.39 is 12.2 Å². The van der Waals surface area contributed by atoms with Crippen LogP contribution in [0.1, 0.15) is 31.1 Å². The summed E-state index contributed by atoms with van der Waals surface area (Å²) in [4.78, 5) is 40.5. The fraction of sp³-hybridized carbons (Fsp3) is 0.375. The largest absolute Gasteiger partial charge is 0.452 e. The molecule has 0 spiro atoms. The lowest BCUT2D eigenvalue weighted by Gasteiger charge is -2.40. The number of fused-ring (bicyclic) bond motifs is 1. The second kappa shape index (κ2) is 10.4. The van der Waals surface area contributed by atoms with E-state index in [4.69, 9.17) is 15.2 Å². The van der Waals surface area contributed by atoms with Crippen LogP contribution in [-0.2, 0) is 9.47 Å². The molecule has 1 unspecified atom stereocenters. The Morgan fingerprint density at radius 3 is 2.33 bits per heavy atom. The number of hydrogen-bond donors (Lipinski definition) is 2. The number of carbonyl (C=O) groups is 3. The minimum Gasteiger partial charge on any atom is -0.452 e. The maximum Gasteiger partial charge on any atom is 0.414 e. The van der Waals surface area contributed by atoms with Crippen molar-refractivity contribution in [2.75, 3.05) is 36.5 Å². The summed E-state index contributed by atoms with van der Waals surface area (Å²) in [5.41, 5.74) is 8.74. The average molecular weight is 455 g/mol. The molecule has 0 aromatic heterocycles. The number of carbonyl (C=O) groups excluding carboxylic acids is 3. The third-order valence-corrected chi connectivity index (χ3v) is 5.25. The van der Waals surface area contributed by atoms with Crippen LogP contribution < -0.4 is 20.9 Å². The van der Waals surface area contributed by atoms with Gasteiger partial charge in [-0.3, -0.25) is 14.6 Å². The normalized spacial score (nSPS) is 15.2. The van der Waals surface area contributed by atoms with E-state index in [9.17, 15) is 14.4 Å². The van der Waals surface area contributed by atoms with Crippen molar-refractivity contribution in [1.29, 1.82) is 0 Å². The van der Waals surface area contributed by atoms with Gasteiger partial charge in [0.1, 0.15) is 0 Å². The first-order valence-electron chi connectivity index (χ1n) is 10.8. The molecule has 0 saturated carbocycles. The molecule has 3 rings (SSSR count). The van der Waals surface area contributed by atoms with Crippen LogP contribution in [0.15, 0.2) is 42.5 Å². The quantitative estimate of drug-likeness (QED) is 0.716. The van der Waals surface area contributed by atoms with Crippen molar-refractivity contribution >= 4 is 29.5 Å². The van der Waals surface area contributed by atoms with E-state index >= 15 is 0 Å². The van der Waals surface area contributed by atoms with Gasteiger partial charge in [0.05, 0.1) is 37.2 Å². The van der Waals surface area contributed by atoms with Crippen LogP contribution in [0.2, 0.25) is 0 Å². The summed E-state index contributed by atoms with van der Waals surface area (Å²) >= 11 is 0. The number of nitrogens with zero attached hydrogens (tertiary/aromatic N) is 2. The molecule has 0 radical (unpaired) electrons. The van der Waals surface area contributed by atoms with Gasteiger partial charge < -0.3 is 20.5 Å². The lowest BCUT2D eigenvalue weighted by Crippen LogP contribution is -2.52. The van der Waals surface area contributed by atoms with E-state index in [-0.39, 0.29) is 24.6 Å². The highest BCUT2D eigenvalue weighted by atomic mass is 16.6. The highest BCUT2D eigenvalue weighted by Crippen LogP contribution is 2.39. The number of nitrogens with one attached hydrogen (secondary N) is 1. The highest BCUT2D eigenvalue weighted by Gasteiger charge is 2.36. The Labute approximate surface area is 193 Å². The third-order valence-electron chi connectivity index (χ3n) is 5.25. The summed E-state index contributed by atoms with van der Waals surface area (Å²) in [7, 11) is 1.33. The first kappa shape index (κ1) is 24.1. The molecule has 2 aromatic carbocycles. The molecular weight excluding hydrogens is 424 g/mol. The smallest absolute Gasteiger partial charge is 0.414 e. The zero-order valence-electron chi connectivity index (χ0n) is 19.3. The van der Waals surface area contributed by atoms with E-state index in [1.807, 2.05) is 31.2 Å². The maximum atomic E-state index is 12.8. The van der Waals surface area contributed by atoms with Crippen LogP contribution in [0.3, 0.4) is 0 Å². The molecule has 176 valence electrons. The highest BCUT2D eigenvalue weighted by molar-refractivity contribution is 6.02. The number of methoxy groups -OCH3 is 1. The molecule has 0 bridgehead atoms. The number of nitrogens with two attached hydrogens (primary N) is 1. The third kappa shape index (κ3) is 5.25. The molecule has 0 saturated heterocycles. The van der Waals surface area contributed by atoms with Crippen molar-refractivity contribution in [3.63, 3.8) is 0 Å². The molecule has 1 aliphatic rings. The Bertz CT molecular complexity index is 1020. The van der Waals surface area contributed by atoms with Crippen LogP contribution in [0.4, 0.5) is 21.0 Å². The number of anilines is 2. The molecule has 1 aliphatic heterocycles. The van der Waals surface area contributed by atoms with E-state index in [1.165, 1.54) is 16.9 Å². The molecule has 3 amide bonds. The molecule has 1 atom stereocenters. The van der Waals surface area contributed by atoms with Crippen LogP contribution in [-0.4, -0.2) is 57.0 Å². The fourth-order valence-corrected chi connectivity index (χ4v) is 3.72. The van der Waals surface area contributed by atoms with Gasteiger partial charge in [0.2, 0.25) is 0 Å². The molecule has 33 heavy (non-hydrogen) atoms. The number of hydrogen-bond acceptors (Lipinski definition) is 6. The zero-order valence-corrected chi connectivity index (χ0v) is 19.3. The predicted octanol–water partition coefficient (Wildman–Crippen LogP) is 3.37. The fourth-order valence-electron chi connectivity index (χ4n) is 3.72. The summed E-state index contributed by atoms with van der Waals surface area (Å²) in [6.45, 7) is 6.46. The first-order chi connectivity index (χ1) is 15.8. The second-order valence-electron chi connectivity index (χ2n) is 8.06. The summed E-state index contributed by atoms with van der Waals surface area (Å²) in [6, 6.07) is 12.3. The SMILES string of the molecule is COC(=O)N1c2ccc(-c3ccc(C(=O)NCCN)cc3)cc2N(C(=O)OC(C)C)CC1C. The Kier molecular flexibility index (Phi) is 7.55. The van der Waals surface area contributed by atoms with Crippen molar-refractivity contribution in [3.8, 4) is 11.1 Å². The van der Waals surface area contributed by atoms with Crippen molar-refractivity contribution in [3.05, 3.63) is 48.0 Å². The summed E-state index contributed by atoms with van der Waals surface area (Å²) < 4.78 is 10.4. The Balaban J connectivity index is 1.99. The van der Waals surface area contributed by atoms with Crippen LogP contribution in [0, 0.1) is 0 Å². The molecule has 2 aromatic rings. The lowest BCUT2D eigenvalue weighted by molar-refractivity contribution is 0.0954. The molecule has 1 heterocycles. The van der Waals surface area contributed by atoms with Gasteiger partial charge >= 0.3 is 12.2 Å². The van der Waals surface area contributed by atoms with Gasteiger partial charge in [-0.1, -0.05) is 18.2 Å². The molecule has 0 aliphatic carbocycles. The molecule has 9 nitrogen and oxygen atoms in total. The lowest BCUT2D eigenvalue weighted by atomic mass is 10.00. The monoisotopic (exact) mass is 454 g/mol. The van der Waals surface area contributed by atoms with Gasteiger partial charge in [0, 0.05) is 18.7 Å². The van der Waals surface area contributed by atoms with Gasteiger partial charge in [0.15, 0.2) is 0 Å². The van der Waals surface area contributed by atoms with Crippen molar-refractivity contribution in [1.82, 2.24) is 5.32 Å². The Hall–Kier alpha value is -3.59. The summed E-state index contributed by atoms with van der Waals surface area (Å²) in [5.74, 6) is -0.192. The molecular formula is C24H30N4O5. The number of amides is 3. The first-order valence-corrected chi connectivity index (χ1v) is 10.8. The van der Waals surface area contributed by atoms with Gasteiger partial charge in [0.25, 0.3) is 5.91 Å². The second-order valence-corrected chi connectivity index (χ2v) is 8.06. The van der Waals surface area contributed by atoms with Gasteiger partial charge in [-0.2, -0.15) is 0 Å². The number of rotatable bonds is 5. The topological polar surface area (TPSA) is 114 Å². The summed E-state index contributed by atoms with van der Waals surface area (Å²) in [6.07, 6.45) is -1.26. The van der Waals surface area contributed by atoms with Crippen LogP contribution >= 0.6 is 0 Å². The van der Waals surface area contributed by atoms with Gasteiger partial charge in [-0.15, -0.1) is 0 Å². The predicted molar refractivity (Wildman–Crippen MR) is 127 cm³/mol. The van der Waals surface area contributed by atoms with Crippen molar-refractivity contribution in [2.24, 2.45) is 5.73 Å². The Morgan fingerprint density at radius 1 is 1.06 bits per heavy atom. The number of benzene rings is 2. The van der Waals surface area contributed by atoms with Gasteiger partial charge in [-0.25, -0.2) is 9.59 Å². The maximum absolute atomic E-state index is 12.8. The van der Waals surface area contributed by atoms with E-state index in [0.717, 1.165) is 11.1 Å². The number of ether oxygens (including phenoxy) is 2. The molecule has 3 N–H and O–H groups in total. The van der Waals surface area contributed by atoms with Crippen LogP contribution in [0.5, 0.6) is 0 Å². The molecule has 0 fully saturated rings. The van der Waals surface area contributed by atoms with E-state index in [2.05, 4.69) is 5.32 Å². The minimum atomic E-state index is -0.499. The van der Waals surface area contributed by atoms with E-state index in [0.29, 0.717) is 30.0 Å². The van der Waals surface area contributed by atoms with Crippen molar-refractivity contribution in [2.45, 2.75) is 32.9 Å². The average Bonchev–Trinajstić information content (AvgIpc) is 2.80. The summed E-state index contributed by atoms with van der Waals surface area (Å²) in [5, 5.41) is 2.74. The molecule has 9 heteroatoms. The van der Waals surface area contributed by atoms with Gasteiger partial charge in [-0.05, 0) is 56.2 Å². The Morgan fingerprint density at radius 2 is 1.73 bits per heavy atom. The van der Waals surface area contributed by atoms with Crippen LogP contribution in [0.25, 0.3) is 11.1 Å². The zero-order chi connectivity index (χ0) is 24.1.